The van der Waals surface area contributed by atoms with Crippen molar-refractivity contribution in [3.05, 3.63) is 48.0 Å². The van der Waals surface area contributed by atoms with Gasteiger partial charge < -0.3 is 24.3 Å². The molecule has 0 saturated heterocycles. The van der Waals surface area contributed by atoms with Crippen molar-refractivity contribution in [1.82, 2.24) is 0 Å². The molecule has 0 fully saturated rings. The smallest absolute Gasteiger partial charge is 0.338 e. The third-order valence-electron chi connectivity index (χ3n) is 3.70. The number of carbonyl (C=O) groups is 2. The first-order valence-corrected chi connectivity index (χ1v) is 8.17. The molecule has 1 N–H and O–H groups in total. The SMILES string of the molecule is COc1ccccc1NC(=O)COC(=O)c1ccc2c(c1)OCCCO2. The van der Waals surface area contributed by atoms with Gasteiger partial charge in [0.05, 0.1) is 31.6 Å². The zero-order valence-corrected chi connectivity index (χ0v) is 14.3. The number of benzene rings is 2. The van der Waals surface area contributed by atoms with Gasteiger partial charge in [0.1, 0.15) is 5.75 Å². The minimum Gasteiger partial charge on any atom is -0.495 e. The Morgan fingerprint density at radius 3 is 2.65 bits per heavy atom. The summed E-state index contributed by atoms with van der Waals surface area (Å²) in [5, 5.41) is 2.64. The monoisotopic (exact) mass is 357 g/mol. The van der Waals surface area contributed by atoms with Gasteiger partial charge in [-0.2, -0.15) is 0 Å². The number of rotatable bonds is 5. The highest BCUT2D eigenvalue weighted by Crippen LogP contribution is 2.30. The lowest BCUT2D eigenvalue weighted by Crippen LogP contribution is -2.21. The maximum Gasteiger partial charge on any atom is 0.338 e. The largest absolute Gasteiger partial charge is 0.495 e. The van der Waals surface area contributed by atoms with E-state index in [1.807, 2.05) is 0 Å². The number of esters is 1. The predicted octanol–water partition coefficient (Wildman–Crippen LogP) is 2.65. The zero-order valence-electron chi connectivity index (χ0n) is 14.3. The van der Waals surface area contributed by atoms with Gasteiger partial charge in [-0.1, -0.05) is 12.1 Å². The van der Waals surface area contributed by atoms with Crippen LogP contribution in [0.4, 0.5) is 5.69 Å². The molecule has 0 atom stereocenters. The number of para-hydroxylation sites is 2. The van der Waals surface area contributed by atoms with Crippen molar-refractivity contribution in [1.29, 1.82) is 0 Å². The van der Waals surface area contributed by atoms with Crippen molar-refractivity contribution in [2.75, 3.05) is 32.2 Å². The number of ether oxygens (including phenoxy) is 4. The number of methoxy groups -OCH3 is 1. The molecule has 7 nitrogen and oxygen atoms in total. The highest BCUT2D eigenvalue weighted by molar-refractivity contribution is 5.96. The van der Waals surface area contributed by atoms with E-state index in [2.05, 4.69) is 5.32 Å². The number of carbonyl (C=O) groups excluding carboxylic acids is 2. The summed E-state index contributed by atoms with van der Waals surface area (Å²) in [5.74, 6) is 0.534. The molecule has 0 bridgehead atoms. The molecule has 1 aliphatic heterocycles. The fourth-order valence-corrected chi connectivity index (χ4v) is 2.44. The lowest BCUT2D eigenvalue weighted by atomic mass is 10.2. The van der Waals surface area contributed by atoms with Gasteiger partial charge >= 0.3 is 5.97 Å². The van der Waals surface area contributed by atoms with E-state index < -0.39 is 18.5 Å². The van der Waals surface area contributed by atoms with Crippen molar-refractivity contribution < 1.29 is 28.5 Å². The van der Waals surface area contributed by atoms with Crippen LogP contribution in [0.25, 0.3) is 0 Å². The van der Waals surface area contributed by atoms with E-state index in [0.717, 1.165) is 6.42 Å². The van der Waals surface area contributed by atoms with Crippen LogP contribution in [0, 0.1) is 0 Å². The number of hydrogen-bond acceptors (Lipinski definition) is 6. The normalized spacial score (nSPS) is 12.7. The number of anilines is 1. The van der Waals surface area contributed by atoms with Crippen LogP contribution in [0.3, 0.4) is 0 Å². The lowest BCUT2D eigenvalue weighted by Gasteiger charge is -2.11. The van der Waals surface area contributed by atoms with Gasteiger partial charge in [0.25, 0.3) is 5.91 Å². The van der Waals surface area contributed by atoms with E-state index in [9.17, 15) is 9.59 Å². The highest BCUT2D eigenvalue weighted by atomic mass is 16.5. The molecule has 7 heteroatoms. The average Bonchev–Trinajstić information content (AvgIpc) is 2.91. The van der Waals surface area contributed by atoms with Crippen LogP contribution in [-0.4, -0.2) is 38.8 Å². The molecule has 2 aromatic carbocycles. The second kappa shape index (κ2) is 8.24. The maximum atomic E-state index is 12.2. The van der Waals surface area contributed by atoms with Gasteiger partial charge in [0, 0.05) is 6.42 Å². The van der Waals surface area contributed by atoms with E-state index in [1.165, 1.54) is 7.11 Å². The standard InChI is InChI=1S/C19H19NO6/c1-23-15-6-3-2-5-14(15)20-18(21)12-26-19(22)13-7-8-16-17(11-13)25-10-4-9-24-16/h2-3,5-8,11H,4,9-10,12H2,1H3,(H,20,21). The van der Waals surface area contributed by atoms with E-state index in [0.29, 0.717) is 41.7 Å². The topological polar surface area (TPSA) is 83.1 Å². The molecule has 2 aromatic rings. The quantitative estimate of drug-likeness (QED) is 0.829. The molecule has 3 rings (SSSR count). The minimum atomic E-state index is -0.615. The van der Waals surface area contributed by atoms with Gasteiger partial charge in [-0.05, 0) is 30.3 Å². The minimum absolute atomic E-state index is 0.291. The molecule has 26 heavy (non-hydrogen) atoms. The average molecular weight is 357 g/mol. The van der Waals surface area contributed by atoms with Gasteiger partial charge in [0.2, 0.25) is 0 Å². The number of fused-ring (bicyclic) bond motifs is 1. The van der Waals surface area contributed by atoms with Crippen LogP contribution in [-0.2, 0) is 9.53 Å². The van der Waals surface area contributed by atoms with E-state index in [4.69, 9.17) is 18.9 Å². The molecule has 136 valence electrons. The van der Waals surface area contributed by atoms with Crippen LogP contribution in [0.1, 0.15) is 16.8 Å². The summed E-state index contributed by atoms with van der Waals surface area (Å²) in [7, 11) is 1.51. The molecular weight excluding hydrogens is 338 g/mol. The van der Waals surface area contributed by atoms with Crippen molar-refractivity contribution in [3.8, 4) is 17.2 Å². The van der Waals surface area contributed by atoms with Gasteiger partial charge in [-0.15, -0.1) is 0 Å². The van der Waals surface area contributed by atoms with E-state index >= 15 is 0 Å². The third-order valence-corrected chi connectivity index (χ3v) is 3.70. The molecule has 0 unspecified atom stereocenters. The summed E-state index contributed by atoms with van der Waals surface area (Å²) < 4.78 is 21.3. The number of hydrogen-bond donors (Lipinski definition) is 1. The second-order valence-corrected chi connectivity index (χ2v) is 5.54. The zero-order chi connectivity index (χ0) is 18.4. The fourth-order valence-electron chi connectivity index (χ4n) is 2.44. The van der Waals surface area contributed by atoms with E-state index in [-0.39, 0.29) is 0 Å². The van der Waals surface area contributed by atoms with Gasteiger partial charge in [0.15, 0.2) is 18.1 Å². The molecule has 0 radical (unpaired) electrons. The molecule has 0 aromatic heterocycles. The molecule has 1 amide bonds. The van der Waals surface area contributed by atoms with Crippen LogP contribution in [0.15, 0.2) is 42.5 Å². The van der Waals surface area contributed by atoms with Crippen molar-refractivity contribution in [3.63, 3.8) is 0 Å². The summed E-state index contributed by atoms with van der Waals surface area (Å²) in [6.07, 6.45) is 0.775. The van der Waals surface area contributed by atoms with Crippen LogP contribution in [0.2, 0.25) is 0 Å². The summed E-state index contributed by atoms with van der Waals surface area (Å²) in [4.78, 5) is 24.2. The Balaban J connectivity index is 1.58. The van der Waals surface area contributed by atoms with Crippen LogP contribution in [0.5, 0.6) is 17.2 Å². The summed E-state index contributed by atoms with van der Waals surface area (Å²) in [5.41, 5.74) is 0.797. The Bertz CT molecular complexity index is 804. The fraction of sp³-hybridized carbons (Fsp3) is 0.263. The number of amides is 1. The first-order chi connectivity index (χ1) is 12.7. The Labute approximate surface area is 150 Å². The predicted molar refractivity (Wildman–Crippen MR) is 94.0 cm³/mol. The summed E-state index contributed by atoms with van der Waals surface area (Å²) >= 11 is 0. The molecule has 1 aliphatic rings. The molecule has 0 spiro atoms. The molecule has 0 saturated carbocycles. The van der Waals surface area contributed by atoms with Crippen molar-refractivity contribution >= 4 is 17.6 Å². The molecule has 1 heterocycles. The maximum absolute atomic E-state index is 12.2. The first-order valence-electron chi connectivity index (χ1n) is 8.17. The summed E-state index contributed by atoms with van der Waals surface area (Å²) in [6.45, 7) is 0.679. The van der Waals surface area contributed by atoms with Crippen LogP contribution >= 0.6 is 0 Å². The van der Waals surface area contributed by atoms with E-state index in [1.54, 1.807) is 42.5 Å². The first kappa shape index (κ1) is 17.6. The highest BCUT2D eigenvalue weighted by Gasteiger charge is 2.16. The van der Waals surface area contributed by atoms with Crippen LogP contribution < -0.4 is 19.5 Å². The Kier molecular flexibility index (Phi) is 5.58. The van der Waals surface area contributed by atoms with Gasteiger partial charge in [-0.25, -0.2) is 4.79 Å². The van der Waals surface area contributed by atoms with Gasteiger partial charge in [-0.3, -0.25) is 4.79 Å². The lowest BCUT2D eigenvalue weighted by molar-refractivity contribution is -0.119. The third kappa shape index (κ3) is 4.24. The second-order valence-electron chi connectivity index (χ2n) is 5.54. The molecule has 0 aliphatic carbocycles. The molecular formula is C19H19NO6. The Hall–Kier alpha value is -3.22. The van der Waals surface area contributed by atoms with Crippen molar-refractivity contribution in [2.45, 2.75) is 6.42 Å². The summed E-state index contributed by atoms with van der Waals surface area (Å²) in [6, 6.07) is 11.8. The number of nitrogens with one attached hydrogen (secondary N) is 1. The van der Waals surface area contributed by atoms with Crippen molar-refractivity contribution in [2.24, 2.45) is 0 Å². The Morgan fingerprint density at radius 1 is 1.08 bits per heavy atom. The Morgan fingerprint density at radius 2 is 1.85 bits per heavy atom.